The number of ether oxygens (including phenoxy) is 3. The normalized spacial score (nSPS) is 59.3. The summed E-state index contributed by atoms with van der Waals surface area (Å²) in [5, 5.41) is 0. The predicted molar refractivity (Wildman–Crippen MR) is 127 cm³/mol. The van der Waals surface area contributed by atoms with E-state index in [1.165, 1.54) is 57.8 Å². The third kappa shape index (κ3) is 3.02. The van der Waals surface area contributed by atoms with E-state index >= 15 is 0 Å². The van der Waals surface area contributed by atoms with Crippen LogP contribution >= 0.6 is 0 Å². The van der Waals surface area contributed by atoms with Crippen LogP contribution in [0.3, 0.4) is 0 Å². The van der Waals surface area contributed by atoms with Crippen molar-refractivity contribution in [2.24, 2.45) is 52.3 Å². The van der Waals surface area contributed by atoms with Gasteiger partial charge in [-0.15, -0.1) is 0 Å². The summed E-state index contributed by atoms with van der Waals surface area (Å²) in [6.45, 7) is 14.1. The molecule has 4 aliphatic carbocycles. The van der Waals surface area contributed by atoms with Crippen molar-refractivity contribution in [3.63, 3.8) is 0 Å². The fourth-order valence-electron chi connectivity index (χ4n) is 10.6. The third-order valence-corrected chi connectivity index (χ3v) is 12.3. The number of rotatable bonds is 2. The van der Waals surface area contributed by atoms with Crippen LogP contribution in [0, 0.1) is 52.3 Å². The van der Waals surface area contributed by atoms with Crippen LogP contribution in [0.5, 0.6) is 0 Å². The van der Waals surface area contributed by atoms with Crippen molar-refractivity contribution < 1.29 is 14.2 Å². The highest BCUT2D eigenvalue weighted by Crippen LogP contribution is 2.71. The lowest BCUT2D eigenvalue weighted by Crippen LogP contribution is -2.55. The summed E-state index contributed by atoms with van der Waals surface area (Å²) in [4.78, 5) is 0. The van der Waals surface area contributed by atoms with Crippen LogP contribution in [0.15, 0.2) is 0 Å². The first kappa shape index (κ1) is 22.4. The summed E-state index contributed by atoms with van der Waals surface area (Å²) in [5.74, 6) is 5.25. The standard InChI is InChI=1S/C29H48O3/c1-6-30-21-10-12-27(4)20(15-21)7-8-22-23(27)11-13-28(5)24(22)16-25-26(28)19(3)29(32-25)14-9-18(2)17-31-29/h18-26H,6-17H2,1-5H3. The Labute approximate surface area is 196 Å². The lowest BCUT2D eigenvalue weighted by Gasteiger charge is -2.61. The summed E-state index contributed by atoms with van der Waals surface area (Å²) in [7, 11) is 0. The van der Waals surface area contributed by atoms with Gasteiger partial charge in [-0.1, -0.05) is 27.7 Å². The van der Waals surface area contributed by atoms with Crippen molar-refractivity contribution in [3.8, 4) is 0 Å². The molecular weight excluding hydrogens is 396 g/mol. The molecule has 12 atom stereocenters. The SMILES string of the molecule is CCOC1CCC2(C)C(CCC3C2CCC2(C)C3CC3OC4(CCC(C)CO4)C(C)C32)C1. The topological polar surface area (TPSA) is 27.7 Å². The summed E-state index contributed by atoms with van der Waals surface area (Å²) in [5.41, 5.74) is 0.999. The van der Waals surface area contributed by atoms with Crippen LogP contribution in [0.2, 0.25) is 0 Å². The molecule has 6 fully saturated rings. The minimum absolute atomic E-state index is 0.270. The Morgan fingerprint density at radius 2 is 1.69 bits per heavy atom. The largest absolute Gasteiger partial charge is 0.378 e. The Morgan fingerprint density at radius 1 is 0.875 bits per heavy atom. The van der Waals surface area contributed by atoms with Gasteiger partial charge < -0.3 is 14.2 Å². The summed E-state index contributed by atoms with van der Waals surface area (Å²) in [6.07, 6.45) is 14.4. The van der Waals surface area contributed by atoms with Crippen LogP contribution in [-0.4, -0.2) is 31.2 Å². The number of hydrogen-bond acceptors (Lipinski definition) is 3. The van der Waals surface area contributed by atoms with E-state index in [4.69, 9.17) is 14.2 Å². The highest BCUT2D eigenvalue weighted by molar-refractivity contribution is 5.15. The van der Waals surface area contributed by atoms with Crippen LogP contribution in [0.4, 0.5) is 0 Å². The zero-order valence-corrected chi connectivity index (χ0v) is 21.4. The molecule has 6 rings (SSSR count). The van der Waals surface area contributed by atoms with E-state index in [2.05, 4.69) is 34.6 Å². The van der Waals surface area contributed by atoms with Gasteiger partial charge in [0.1, 0.15) is 0 Å². The molecule has 0 amide bonds. The van der Waals surface area contributed by atoms with Gasteiger partial charge in [-0.2, -0.15) is 0 Å². The van der Waals surface area contributed by atoms with E-state index in [0.29, 0.717) is 40.8 Å². The Kier molecular flexibility index (Phi) is 5.37. The molecule has 182 valence electrons. The van der Waals surface area contributed by atoms with E-state index in [1.54, 1.807) is 0 Å². The Balaban J connectivity index is 1.22. The van der Waals surface area contributed by atoms with Crippen LogP contribution in [0.1, 0.15) is 98.8 Å². The molecule has 0 aromatic carbocycles. The molecule has 0 bridgehead atoms. The predicted octanol–water partition coefficient (Wildman–Crippen LogP) is 6.84. The van der Waals surface area contributed by atoms with Gasteiger partial charge in [0.25, 0.3) is 0 Å². The molecule has 2 heterocycles. The van der Waals surface area contributed by atoms with Crippen molar-refractivity contribution in [3.05, 3.63) is 0 Å². The first-order valence-corrected chi connectivity index (χ1v) is 14.2. The van der Waals surface area contributed by atoms with Crippen LogP contribution < -0.4 is 0 Å². The van der Waals surface area contributed by atoms with Crippen molar-refractivity contribution in [1.82, 2.24) is 0 Å². The second-order valence-corrected chi connectivity index (χ2v) is 13.5. The van der Waals surface area contributed by atoms with Gasteiger partial charge in [-0.25, -0.2) is 0 Å². The van der Waals surface area contributed by atoms with Gasteiger partial charge in [0, 0.05) is 18.9 Å². The minimum atomic E-state index is -0.270. The van der Waals surface area contributed by atoms with E-state index in [-0.39, 0.29) is 5.79 Å². The molecule has 12 unspecified atom stereocenters. The third-order valence-electron chi connectivity index (χ3n) is 12.3. The Morgan fingerprint density at radius 3 is 2.44 bits per heavy atom. The lowest BCUT2D eigenvalue weighted by atomic mass is 9.44. The maximum absolute atomic E-state index is 6.95. The molecule has 0 radical (unpaired) electrons. The Hall–Kier alpha value is -0.120. The van der Waals surface area contributed by atoms with Gasteiger partial charge in [0.2, 0.25) is 0 Å². The highest BCUT2D eigenvalue weighted by atomic mass is 16.7. The van der Waals surface area contributed by atoms with Crippen LogP contribution in [0.25, 0.3) is 0 Å². The molecule has 2 aliphatic heterocycles. The zero-order valence-electron chi connectivity index (χ0n) is 21.4. The molecule has 32 heavy (non-hydrogen) atoms. The summed E-state index contributed by atoms with van der Waals surface area (Å²) < 4.78 is 19.5. The van der Waals surface area contributed by atoms with Crippen molar-refractivity contribution in [2.75, 3.05) is 13.2 Å². The van der Waals surface area contributed by atoms with Gasteiger partial charge >= 0.3 is 0 Å². The summed E-state index contributed by atoms with van der Waals surface area (Å²) in [6, 6.07) is 0. The molecule has 3 nitrogen and oxygen atoms in total. The van der Waals surface area contributed by atoms with E-state index in [9.17, 15) is 0 Å². The monoisotopic (exact) mass is 444 g/mol. The van der Waals surface area contributed by atoms with Gasteiger partial charge in [0.05, 0.1) is 18.8 Å². The summed E-state index contributed by atoms with van der Waals surface area (Å²) >= 11 is 0. The van der Waals surface area contributed by atoms with Crippen molar-refractivity contribution in [1.29, 1.82) is 0 Å². The second kappa shape index (κ2) is 7.69. The van der Waals surface area contributed by atoms with E-state index < -0.39 is 0 Å². The van der Waals surface area contributed by atoms with Gasteiger partial charge in [-0.3, -0.25) is 0 Å². The van der Waals surface area contributed by atoms with Gasteiger partial charge in [0.15, 0.2) is 5.79 Å². The van der Waals surface area contributed by atoms with Crippen molar-refractivity contribution >= 4 is 0 Å². The quantitative estimate of drug-likeness (QED) is 0.467. The van der Waals surface area contributed by atoms with Gasteiger partial charge in [-0.05, 0) is 111 Å². The Bertz CT molecular complexity index is 713. The molecule has 2 saturated heterocycles. The van der Waals surface area contributed by atoms with E-state index in [1.807, 2.05) is 0 Å². The first-order valence-electron chi connectivity index (χ1n) is 14.2. The number of fused-ring (bicyclic) bond motifs is 7. The minimum Gasteiger partial charge on any atom is -0.378 e. The highest BCUT2D eigenvalue weighted by Gasteiger charge is 2.69. The second-order valence-electron chi connectivity index (χ2n) is 13.5. The first-order chi connectivity index (χ1) is 15.3. The molecule has 0 N–H and O–H groups in total. The zero-order chi connectivity index (χ0) is 22.3. The molecule has 4 saturated carbocycles. The molecule has 0 aromatic rings. The smallest absolute Gasteiger partial charge is 0.171 e. The number of hydrogen-bond donors (Lipinski definition) is 0. The fraction of sp³-hybridized carbons (Fsp3) is 1.00. The molecular formula is C29H48O3. The fourth-order valence-corrected chi connectivity index (χ4v) is 10.6. The maximum Gasteiger partial charge on any atom is 0.171 e. The molecule has 3 heteroatoms. The van der Waals surface area contributed by atoms with Crippen molar-refractivity contribution in [2.45, 2.75) is 117 Å². The average molecular weight is 445 g/mol. The molecule has 0 aromatic heterocycles. The lowest BCUT2D eigenvalue weighted by molar-refractivity contribution is -0.273. The molecule has 1 spiro atoms. The van der Waals surface area contributed by atoms with Crippen LogP contribution in [-0.2, 0) is 14.2 Å². The maximum atomic E-state index is 6.95. The molecule has 6 aliphatic rings. The average Bonchev–Trinajstić information content (AvgIpc) is 3.21. The van der Waals surface area contributed by atoms with E-state index in [0.717, 1.165) is 43.3 Å².